The molecule has 0 unspecified atom stereocenters. The van der Waals surface area contributed by atoms with Crippen molar-refractivity contribution < 1.29 is 13.9 Å². The number of para-hydroxylation sites is 2. The fourth-order valence-corrected chi connectivity index (χ4v) is 2.50. The van der Waals surface area contributed by atoms with Gasteiger partial charge in [0, 0.05) is 12.1 Å². The van der Waals surface area contributed by atoms with Crippen LogP contribution in [0.4, 0.5) is 0 Å². The molecule has 7 heteroatoms. The third-order valence-electron chi connectivity index (χ3n) is 3.80. The molecule has 0 spiro atoms. The van der Waals surface area contributed by atoms with E-state index in [9.17, 15) is 9.59 Å². The lowest BCUT2D eigenvalue weighted by Gasteiger charge is -2.17. The lowest BCUT2D eigenvalue weighted by molar-refractivity contribution is -0.130. The van der Waals surface area contributed by atoms with Gasteiger partial charge in [-0.15, -0.1) is 0 Å². The Balaban J connectivity index is 1.58. The standard InChI is InChI=1S/C18H17ClN2O4/c1-20(10-11-24-14-8-6-13(19)7-9-14)17(22)12-21-15-4-2-3-5-16(15)25-18(21)23/h2-9H,10-12H2,1H3. The van der Waals surface area contributed by atoms with Crippen LogP contribution in [0.15, 0.2) is 57.7 Å². The van der Waals surface area contributed by atoms with Crippen molar-refractivity contribution >= 4 is 28.6 Å². The van der Waals surface area contributed by atoms with E-state index in [0.29, 0.717) is 35.0 Å². The first-order chi connectivity index (χ1) is 12.0. The van der Waals surface area contributed by atoms with Crippen LogP contribution in [0.5, 0.6) is 5.75 Å². The maximum absolute atomic E-state index is 12.3. The van der Waals surface area contributed by atoms with E-state index in [1.165, 1.54) is 9.47 Å². The number of halogens is 1. The Morgan fingerprint density at radius 3 is 2.68 bits per heavy atom. The molecule has 0 aliphatic heterocycles. The highest BCUT2D eigenvalue weighted by molar-refractivity contribution is 6.30. The predicted molar refractivity (Wildman–Crippen MR) is 95.1 cm³/mol. The fourth-order valence-electron chi connectivity index (χ4n) is 2.38. The molecule has 0 atom stereocenters. The summed E-state index contributed by atoms with van der Waals surface area (Å²) in [4.78, 5) is 25.8. The molecule has 0 bridgehead atoms. The maximum Gasteiger partial charge on any atom is 0.420 e. The topological polar surface area (TPSA) is 64.7 Å². The first kappa shape index (κ1) is 17.1. The Labute approximate surface area is 149 Å². The summed E-state index contributed by atoms with van der Waals surface area (Å²) >= 11 is 5.82. The smallest absolute Gasteiger partial charge is 0.420 e. The first-order valence-electron chi connectivity index (χ1n) is 7.75. The average Bonchev–Trinajstić information content (AvgIpc) is 2.92. The highest BCUT2D eigenvalue weighted by Gasteiger charge is 2.15. The molecular weight excluding hydrogens is 344 g/mol. The highest BCUT2D eigenvalue weighted by atomic mass is 35.5. The van der Waals surface area contributed by atoms with Crippen molar-refractivity contribution in [2.24, 2.45) is 0 Å². The Bertz CT molecular complexity index is 930. The van der Waals surface area contributed by atoms with E-state index < -0.39 is 5.76 Å². The number of aromatic nitrogens is 1. The monoisotopic (exact) mass is 360 g/mol. The Morgan fingerprint density at radius 1 is 1.20 bits per heavy atom. The summed E-state index contributed by atoms with van der Waals surface area (Å²) in [7, 11) is 1.67. The van der Waals surface area contributed by atoms with Crippen molar-refractivity contribution in [1.82, 2.24) is 9.47 Å². The molecule has 0 N–H and O–H groups in total. The first-order valence-corrected chi connectivity index (χ1v) is 8.13. The van der Waals surface area contributed by atoms with Gasteiger partial charge < -0.3 is 14.1 Å². The molecule has 0 aliphatic carbocycles. The summed E-state index contributed by atoms with van der Waals surface area (Å²) in [6.45, 7) is 0.657. The third kappa shape index (κ3) is 4.03. The third-order valence-corrected chi connectivity index (χ3v) is 4.05. The van der Waals surface area contributed by atoms with Crippen molar-refractivity contribution in [2.45, 2.75) is 6.54 Å². The van der Waals surface area contributed by atoms with Gasteiger partial charge in [0.05, 0.1) is 12.1 Å². The Hall–Kier alpha value is -2.73. The van der Waals surface area contributed by atoms with E-state index >= 15 is 0 Å². The van der Waals surface area contributed by atoms with Gasteiger partial charge in [0.25, 0.3) is 0 Å². The molecule has 6 nitrogen and oxygen atoms in total. The van der Waals surface area contributed by atoms with E-state index in [1.54, 1.807) is 55.6 Å². The van der Waals surface area contributed by atoms with Gasteiger partial charge in [-0.05, 0) is 36.4 Å². The summed E-state index contributed by atoms with van der Waals surface area (Å²) in [6.07, 6.45) is 0. The zero-order valence-electron chi connectivity index (χ0n) is 13.6. The van der Waals surface area contributed by atoms with Gasteiger partial charge in [-0.3, -0.25) is 9.36 Å². The zero-order valence-corrected chi connectivity index (χ0v) is 14.4. The van der Waals surface area contributed by atoms with E-state index in [4.69, 9.17) is 20.8 Å². The molecule has 0 radical (unpaired) electrons. The van der Waals surface area contributed by atoms with Crippen LogP contribution in [0.3, 0.4) is 0 Å². The summed E-state index contributed by atoms with van der Waals surface area (Å²) in [5.74, 6) is -0.0592. The number of oxazole rings is 1. The van der Waals surface area contributed by atoms with Crippen LogP contribution in [0.2, 0.25) is 5.02 Å². The Kier molecular flexibility index (Phi) is 5.09. The molecule has 0 aliphatic rings. The minimum atomic E-state index is -0.541. The van der Waals surface area contributed by atoms with Crippen molar-refractivity contribution in [3.05, 3.63) is 64.1 Å². The zero-order chi connectivity index (χ0) is 17.8. The molecule has 3 rings (SSSR count). The number of hydrogen-bond acceptors (Lipinski definition) is 4. The predicted octanol–water partition coefficient (Wildman–Crippen LogP) is 2.79. The van der Waals surface area contributed by atoms with E-state index in [1.807, 2.05) is 0 Å². The number of benzene rings is 2. The van der Waals surface area contributed by atoms with E-state index in [0.717, 1.165) is 0 Å². The normalized spacial score (nSPS) is 10.8. The second-order valence-corrected chi connectivity index (χ2v) is 5.98. The lowest BCUT2D eigenvalue weighted by Crippen LogP contribution is -2.35. The van der Waals surface area contributed by atoms with Gasteiger partial charge in [0.1, 0.15) is 18.9 Å². The Morgan fingerprint density at radius 2 is 1.92 bits per heavy atom. The number of amides is 1. The van der Waals surface area contributed by atoms with E-state index in [-0.39, 0.29) is 12.5 Å². The number of hydrogen-bond donors (Lipinski definition) is 0. The number of likely N-dealkylation sites (N-methyl/N-ethyl adjacent to an activating group) is 1. The van der Waals surface area contributed by atoms with Crippen LogP contribution in [0.1, 0.15) is 0 Å². The molecule has 3 aromatic rings. The summed E-state index contributed by atoms with van der Waals surface area (Å²) in [5.41, 5.74) is 1.07. The summed E-state index contributed by atoms with van der Waals surface area (Å²) in [5, 5.41) is 0.637. The van der Waals surface area contributed by atoms with Crippen molar-refractivity contribution in [3.63, 3.8) is 0 Å². The quantitative estimate of drug-likeness (QED) is 0.678. The van der Waals surface area contributed by atoms with Crippen LogP contribution >= 0.6 is 11.6 Å². The minimum absolute atomic E-state index is 0.0761. The molecule has 25 heavy (non-hydrogen) atoms. The largest absolute Gasteiger partial charge is 0.492 e. The molecule has 1 heterocycles. The lowest BCUT2D eigenvalue weighted by atomic mass is 10.3. The van der Waals surface area contributed by atoms with Crippen LogP contribution in [0, 0.1) is 0 Å². The van der Waals surface area contributed by atoms with Gasteiger partial charge in [-0.25, -0.2) is 4.79 Å². The summed E-state index contributed by atoms with van der Waals surface area (Å²) < 4.78 is 12.0. The maximum atomic E-state index is 12.3. The molecule has 0 fully saturated rings. The van der Waals surface area contributed by atoms with Gasteiger partial charge >= 0.3 is 5.76 Å². The number of carbonyl (C=O) groups excluding carboxylic acids is 1. The molecule has 2 aromatic carbocycles. The van der Waals surface area contributed by atoms with Gasteiger partial charge in [-0.1, -0.05) is 23.7 Å². The van der Waals surface area contributed by atoms with Crippen LogP contribution in [0.25, 0.3) is 11.1 Å². The highest BCUT2D eigenvalue weighted by Crippen LogP contribution is 2.15. The number of nitrogens with zero attached hydrogens (tertiary/aromatic N) is 2. The number of carbonyl (C=O) groups is 1. The molecule has 1 aromatic heterocycles. The van der Waals surface area contributed by atoms with Crippen molar-refractivity contribution in [2.75, 3.05) is 20.2 Å². The van der Waals surface area contributed by atoms with Gasteiger partial charge in [0.15, 0.2) is 5.58 Å². The second kappa shape index (κ2) is 7.44. The van der Waals surface area contributed by atoms with Crippen LogP contribution in [-0.4, -0.2) is 35.6 Å². The molecule has 0 saturated carbocycles. The van der Waals surface area contributed by atoms with Crippen LogP contribution < -0.4 is 10.5 Å². The minimum Gasteiger partial charge on any atom is -0.492 e. The summed E-state index contributed by atoms with van der Waals surface area (Å²) in [6, 6.07) is 14.0. The van der Waals surface area contributed by atoms with E-state index in [2.05, 4.69) is 0 Å². The fraction of sp³-hybridized carbons (Fsp3) is 0.222. The molecular formula is C18H17ClN2O4. The van der Waals surface area contributed by atoms with Crippen molar-refractivity contribution in [3.8, 4) is 5.75 Å². The number of fused-ring (bicyclic) bond motifs is 1. The molecule has 130 valence electrons. The van der Waals surface area contributed by atoms with Gasteiger partial charge in [-0.2, -0.15) is 0 Å². The number of ether oxygens (including phenoxy) is 1. The van der Waals surface area contributed by atoms with Crippen LogP contribution in [-0.2, 0) is 11.3 Å². The average molecular weight is 361 g/mol. The van der Waals surface area contributed by atoms with Crippen molar-refractivity contribution in [1.29, 1.82) is 0 Å². The molecule has 1 amide bonds. The SMILES string of the molecule is CN(CCOc1ccc(Cl)cc1)C(=O)Cn1c(=O)oc2ccccc21. The number of rotatable bonds is 6. The molecule has 0 saturated heterocycles. The van der Waals surface area contributed by atoms with Gasteiger partial charge in [0.2, 0.25) is 5.91 Å². The second-order valence-electron chi connectivity index (χ2n) is 5.54.